The second-order valence-corrected chi connectivity index (χ2v) is 9.83. The minimum atomic E-state index is 0.512. The van der Waals surface area contributed by atoms with E-state index in [-0.39, 0.29) is 0 Å². The molecule has 25 heavy (non-hydrogen) atoms. The molecule has 0 atom stereocenters. The third-order valence-electron chi connectivity index (χ3n) is 6.34. The number of benzene rings is 1. The van der Waals surface area contributed by atoms with E-state index >= 15 is 0 Å². The first-order chi connectivity index (χ1) is 12.0. The van der Waals surface area contributed by atoms with E-state index < -0.39 is 0 Å². The summed E-state index contributed by atoms with van der Waals surface area (Å²) in [6.45, 7) is 13.1. The maximum Gasteiger partial charge on any atom is 0.150 e. The topological polar surface area (TPSA) is 19.4 Å². The van der Waals surface area contributed by atoms with Crippen molar-refractivity contribution in [2.45, 2.75) is 40.0 Å². The van der Waals surface area contributed by atoms with Crippen LogP contribution in [0.1, 0.15) is 40.0 Å². The summed E-state index contributed by atoms with van der Waals surface area (Å²) in [6.07, 6.45) is 4.30. The van der Waals surface area contributed by atoms with Crippen molar-refractivity contribution in [2.24, 2.45) is 17.3 Å². The first-order valence-corrected chi connectivity index (χ1v) is 10.6. The predicted octanol–water partition coefficient (Wildman–Crippen LogP) is 4.88. The Morgan fingerprint density at radius 3 is 2.52 bits per heavy atom. The van der Waals surface area contributed by atoms with Gasteiger partial charge in [-0.2, -0.15) is 4.37 Å². The number of rotatable bonds is 4. The fourth-order valence-electron chi connectivity index (χ4n) is 4.33. The van der Waals surface area contributed by atoms with Gasteiger partial charge >= 0.3 is 0 Å². The van der Waals surface area contributed by atoms with Crippen LogP contribution in [0.25, 0.3) is 10.1 Å². The van der Waals surface area contributed by atoms with Crippen LogP contribution in [0, 0.1) is 17.3 Å². The fourth-order valence-corrected chi connectivity index (χ4v) is 5.12. The molecular weight excluding hydrogens is 326 g/mol. The lowest BCUT2D eigenvalue weighted by molar-refractivity contribution is 0.0630. The molecule has 0 unspecified atom stereocenters. The molecule has 2 fully saturated rings. The third-order valence-corrected chi connectivity index (χ3v) is 7.16. The maximum atomic E-state index is 4.72. The van der Waals surface area contributed by atoms with Crippen molar-refractivity contribution in [1.82, 2.24) is 9.27 Å². The summed E-state index contributed by atoms with van der Waals surface area (Å²) >= 11 is 1.63. The Labute approximate surface area is 156 Å². The van der Waals surface area contributed by atoms with Crippen molar-refractivity contribution in [3.63, 3.8) is 0 Å². The van der Waals surface area contributed by atoms with Gasteiger partial charge in [-0.1, -0.05) is 32.9 Å². The van der Waals surface area contributed by atoms with Crippen molar-refractivity contribution in [3.05, 3.63) is 24.3 Å². The van der Waals surface area contributed by atoms with Crippen molar-refractivity contribution >= 4 is 27.4 Å². The second kappa shape index (κ2) is 6.88. The highest BCUT2D eigenvalue weighted by atomic mass is 32.1. The molecule has 4 rings (SSSR count). The molecule has 1 aromatic heterocycles. The molecule has 2 aromatic rings. The van der Waals surface area contributed by atoms with Gasteiger partial charge in [-0.15, -0.1) is 0 Å². The lowest BCUT2D eigenvalue weighted by Gasteiger charge is -2.45. The number of piperazine rings is 1. The van der Waals surface area contributed by atoms with Gasteiger partial charge in [0.1, 0.15) is 5.82 Å². The number of hydrogen-bond acceptors (Lipinski definition) is 4. The molecule has 0 N–H and O–H groups in total. The zero-order chi connectivity index (χ0) is 17.4. The van der Waals surface area contributed by atoms with Crippen LogP contribution in [0.2, 0.25) is 0 Å². The summed E-state index contributed by atoms with van der Waals surface area (Å²) in [6, 6.07) is 8.62. The number of hydrogen-bond donors (Lipinski definition) is 0. The molecule has 2 heterocycles. The zero-order valence-electron chi connectivity index (χ0n) is 15.9. The smallest absolute Gasteiger partial charge is 0.150 e. The molecule has 3 nitrogen and oxygen atoms in total. The van der Waals surface area contributed by atoms with Crippen molar-refractivity contribution in [1.29, 1.82) is 0 Å². The van der Waals surface area contributed by atoms with Gasteiger partial charge in [0.15, 0.2) is 0 Å². The molecule has 4 heteroatoms. The van der Waals surface area contributed by atoms with E-state index in [0.29, 0.717) is 5.41 Å². The van der Waals surface area contributed by atoms with Gasteiger partial charge in [0, 0.05) is 31.6 Å². The fraction of sp³-hybridized carbons (Fsp3) is 0.667. The van der Waals surface area contributed by atoms with Crippen LogP contribution in [0.5, 0.6) is 0 Å². The van der Waals surface area contributed by atoms with E-state index in [2.05, 4.69) is 54.8 Å². The van der Waals surface area contributed by atoms with Gasteiger partial charge in [0.2, 0.25) is 0 Å². The lowest BCUT2D eigenvalue weighted by Crippen LogP contribution is -2.47. The van der Waals surface area contributed by atoms with Gasteiger partial charge in [-0.05, 0) is 66.7 Å². The first-order valence-electron chi connectivity index (χ1n) is 9.82. The van der Waals surface area contributed by atoms with E-state index in [1.807, 2.05) is 0 Å². The van der Waals surface area contributed by atoms with E-state index in [4.69, 9.17) is 4.37 Å². The van der Waals surface area contributed by atoms with Crippen molar-refractivity contribution in [2.75, 3.05) is 37.6 Å². The Hall–Kier alpha value is -1.13. The molecule has 0 spiro atoms. The quantitative estimate of drug-likeness (QED) is 0.777. The van der Waals surface area contributed by atoms with Crippen LogP contribution >= 0.6 is 11.5 Å². The van der Waals surface area contributed by atoms with Gasteiger partial charge in [0.25, 0.3) is 0 Å². The molecule has 1 aliphatic carbocycles. The van der Waals surface area contributed by atoms with Gasteiger partial charge in [0.05, 0.1) is 4.70 Å². The van der Waals surface area contributed by atoms with E-state index in [9.17, 15) is 0 Å². The first kappa shape index (κ1) is 17.3. The van der Waals surface area contributed by atoms with Crippen LogP contribution in [-0.4, -0.2) is 42.0 Å². The summed E-state index contributed by atoms with van der Waals surface area (Å²) < 4.78 is 6.02. The molecule has 136 valence electrons. The molecule has 1 aromatic carbocycles. The largest absolute Gasteiger partial charge is 0.353 e. The summed E-state index contributed by atoms with van der Waals surface area (Å²) in [5.41, 5.74) is 0.512. The minimum absolute atomic E-state index is 0.512. The molecule has 1 saturated carbocycles. The Balaban J connectivity index is 1.24. The standard InChI is InChI=1S/C21H31N3S/c1-21(2,3)17-14-16(15-17)8-9-23-10-12-24(13-11-23)20-18-6-4-5-7-19(18)25-22-20/h4-7,16-17H,8-15H2,1-3H3. The minimum Gasteiger partial charge on any atom is -0.353 e. The third kappa shape index (κ3) is 3.70. The Morgan fingerprint density at radius 1 is 1.08 bits per heavy atom. The summed E-state index contributed by atoms with van der Waals surface area (Å²) in [7, 11) is 0. The number of fused-ring (bicyclic) bond motifs is 1. The van der Waals surface area contributed by atoms with Crippen molar-refractivity contribution in [3.8, 4) is 0 Å². The molecule has 0 bridgehead atoms. The average molecular weight is 358 g/mol. The van der Waals surface area contributed by atoms with Gasteiger partial charge < -0.3 is 4.90 Å². The van der Waals surface area contributed by atoms with Crippen LogP contribution in [0.3, 0.4) is 0 Å². The maximum absolute atomic E-state index is 4.72. The summed E-state index contributed by atoms with van der Waals surface area (Å²) in [5.74, 6) is 3.13. The van der Waals surface area contributed by atoms with Crippen LogP contribution in [0.15, 0.2) is 24.3 Å². The molecular formula is C21H31N3S. The molecule has 1 saturated heterocycles. The van der Waals surface area contributed by atoms with E-state index in [0.717, 1.165) is 24.9 Å². The zero-order valence-corrected chi connectivity index (χ0v) is 16.7. The average Bonchev–Trinajstić information content (AvgIpc) is 2.97. The Morgan fingerprint density at radius 2 is 1.80 bits per heavy atom. The molecule has 0 amide bonds. The number of aromatic nitrogens is 1. The van der Waals surface area contributed by atoms with Crippen LogP contribution in [0.4, 0.5) is 5.82 Å². The highest BCUT2D eigenvalue weighted by Crippen LogP contribution is 2.46. The highest BCUT2D eigenvalue weighted by molar-refractivity contribution is 7.13. The predicted molar refractivity (Wildman–Crippen MR) is 109 cm³/mol. The van der Waals surface area contributed by atoms with Crippen LogP contribution < -0.4 is 4.90 Å². The van der Waals surface area contributed by atoms with Gasteiger partial charge in [-0.3, -0.25) is 4.90 Å². The second-order valence-electron chi connectivity index (χ2n) is 9.02. The summed E-state index contributed by atoms with van der Waals surface area (Å²) in [5, 5.41) is 1.32. The van der Waals surface area contributed by atoms with Gasteiger partial charge in [-0.25, -0.2) is 0 Å². The molecule has 2 aliphatic rings. The van der Waals surface area contributed by atoms with Crippen molar-refractivity contribution < 1.29 is 0 Å². The summed E-state index contributed by atoms with van der Waals surface area (Å²) in [4.78, 5) is 5.14. The molecule has 1 aliphatic heterocycles. The number of nitrogens with zero attached hydrogens (tertiary/aromatic N) is 3. The monoisotopic (exact) mass is 357 g/mol. The Bertz CT molecular complexity index is 703. The Kier molecular flexibility index (Phi) is 4.76. The van der Waals surface area contributed by atoms with Crippen LogP contribution in [-0.2, 0) is 0 Å². The SMILES string of the molecule is CC(C)(C)C1CC(CCN2CCN(c3nsc4ccccc34)CC2)C1. The number of anilines is 1. The lowest BCUT2D eigenvalue weighted by atomic mass is 9.62. The molecule has 0 radical (unpaired) electrons. The normalized spacial score (nSPS) is 25.3. The van der Waals surface area contributed by atoms with E-state index in [1.165, 1.54) is 54.8 Å². The van der Waals surface area contributed by atoms with E-state index in [1.54, 1.807) is 11.5 Å². The highest BCUT2D eigenvalue weighted by Gasteiger charge is 2.36.